The quantitative estimate of drug-likeness (QED) is 0.228. The maximum absolute atomic E-state index is 13.3. The summed E-state index contributed by atoms with van der Waals surface area (Å²) in [7, 11) is 0. The van der Waals surface area contributed by atoms with Crippen molar-refractivity contribution in [2.45, 2.75) is 18.9 Å². The second-order valence-corrected chi connectivity index (χ2v) is 9.09. The predicted molar refractivity (Wildman–Crippen MR) is 143 cm³/mol. The van der Waals surface area contributed by atoms with Crippen LogP contribution in [0.15, 0.2) is 73.1 Å². The van der Waals surface area contributed by atoms with E-state index in [2.05, 4.69) is 36.4 Å². The molecule has 11 nitrogen and oxygen atoms in total. The van der Waals surface area contributed by atoms with Gasteiger partial charge >= 0.3 is 0 Å². The fourth-order valence-corrected chi connectivity index (χ4v) is 4.37. The first-order valence-corrected chi connectivity index (χ1v) is 12.2. The molecule has 12 heteroatoms. The molecule has 0 aliphatic heterocycles. The number of amides is 2. The summed E-state index contributed by atoms with van der Waals surface area (Å²) in [6.07, 6.45) is 2.29. The molecular weight excluding hydrogens is 506 g/mol. The number of nitrogens with one attached hydrogen (secondary N) is 3. The Kier molecular flexibility index (Phi) is 7.27. The van der Waals surface area contributed by atoms with Gasteiger partial charge < -0.3 is 16.4 Å². The van der Waals surface area contributed by atoms with Crippen LogP contribution in [0.25, 0.3) is 16.6 Å². The number of tetrazole rings is 1. The van der Waals surface area contributed by atoms with Crippen molar-refractivity contribution in [1.82, 2.24) is 41.0 Å². The van der Waals surface area contributed by atoms with E-state index in [0.717, 1.165) is 22.2 Å². The Morgan fingerprint density at radius 3 is 2.71 bits per heavy atom. The fraction of sp³-hybridized carbons (Fsp3) is 0.154. The number of aromatic nitrogens is 6. The standard InChI is InChI=1S/C26H24ClN9O2/c27-19-7-9-23(36-15-30-34-35-36)17(13-19)10-11-29-26(38)22(12-16-4-2-1-3-5-16)31-25(37)18-6-8-20-21(14-18)32-33-24(20)28/h1-9,13-15,22H,10-12H2,(H,29,38)(H,31,37)(H3,28,32,33)/t22-/m0/s1. The van der Waals surface area contributed by atoms with Crippen LogP contribution in [0.3, 0.4) is 0 Å². The van der Waals surface area contributed by atoms with Gasteiger partial charge in [-0.3, -0.25) is 14.7 Å². The average Bonchev–Trinajstić information content (AvgIpc) is 3.59. The summed E-state index contributed by atoms with van der Waals surface area (Å²) < 4.78 is 1.54. The van der Waals surface area contributed by atoms with E-state index in [0.29, 0.717) is 41.3 Å². The minimum absolute atomic E-state index is 0.305. The lowest BCUT2D eigenvalue weighted by Crippen LogP contribution is -2.48. The zero-order valence-corrected chi connectivity index (χ0v) is 20.9. The van der Waals surface area contributed by atoms with Crippen molar-refractivity contribution in [2.75, 3.05) is 12.3 Å². The molecule has 2 aromatic heterocycles. The first kappa shape index (κ1) is 24.9. The van der Waals surface area contributed by atoms with Gasteiger partial charge in [0.2, 0.25) is 5.91 Å². The summed E-state index contributed by atoms with van der Waals surface area (Å²) in [6, 6.07) is 19.1. The summed E-state index contributed by atoms with van der Waals surface area (Å²) in [6.45, 7) is 0.314. The Balaban J connectivity index is 1.30. The number of fused-ring (bicyclic) bond motifs is 1. The lowest BCUT2D eigenvalue weighted by molar-refractivity contribution is -0.122. The third kappa shape index (κ3) is 5.62. The van der Waals surface area contributed by atoms with Crippen molar-refractivity contribution in [3.63, 3.8) is 0 Å². The highest BCUT2D eigenvalue weighted by molar-refractivity contribution is 6.30. The van der Waals surface area contributed by atoms with Crippen LogP contribution in [0.5, 0.6) is 0 Å². The molecule has 0 unspecified atom stereocenters. The van der Waals surface area contributed by atoms with Crippen LogP contribution in [0.1, 0.15) is 21.5 Å². The maximum atomic E-state index is 13.3. The second kappa shape index (κ2) is 11.1. The van der Waals surface area contributed by atoms with Crippen LogP contribution in [0.4, 0.5) is 5.82 Å². The number of carbonyl (C=O) groups excluding carboxylic acids is 2. The van der Waals surface area contributed by atoms with Gasteiger partial charge in [0, 0.05) is 28.9 Å². The zero-order chi connectivity index (χ0) is 26.5. The van der Waals surface area contributed by atoms with Crippen LogP contribution < -0.4 is 16.4 Å². The first-order valence-electron chi connectivity index (χ1n) is 11.9. The van der Waals surface area contributed by atoms with Gasteiger partial charge in [-0.25, -0.2) is 4.68 Å². The van der Waals surface area contributed by atoms with Crippen molar-refractivity contribution in [3.8, 4) is 5.69 Å². The number of hydrogen-bond donors (Lipinski definition) is 4. The molecule has 0 saturated heterocycles. The largest absolute Gasteiger partial charge is 0.382 e. The minimum Gasteiger partial charge on any atom is -0.382 e. The predicted octanol–water partition coefficient (Wildman–Crippen LogP) is 2.47. The molecule has 3 aromatic carbocycles. The highest BCUT2D eigenvalue weighted by Gasteiger charge is 2.22. The summed E-state index contributed by atoms with van der Waals surface area (Å²) in [5, 5.41) is 25.2. The third-order valence-corrected chi connectivity index (χ3v) is 6.33. The molecule has 0 saturated carbocycles. The molecule has 192 valence electrons. The van der Waals surface area contributed by atoms with E-state index in [4.69, 9.17) is 17.3 Å². The third-order valence-electron chi connectivity index (χ3n) is 6.09. The topological polar surface area (TPSA) is 156 Å². The van der Waals surface area contributed by atoms with E-state index in [1.165, 1.54) is 11.0 Å². The average molecular weight is 530 g/mol. The highest BCUT2D eigenvalue weighted by Crippen LogP contribution is 2.20. The molecule has 1 atom stereocenters. The van der Waals surface area contributed by atoms with Gasteiger partial charge in [0.15, 0.2) is 5.82 Å². The molecular formula is C26H24ClN9O2. The van der Waals surface area contributed by atoms with E-state index in [-0.39, 0.29) is 11.8 Å². The number of benzene rings is 3. The van der Waals surface area contributed by atoms with Crippen molar-refractivity contribution in [2.24, 2.45) is 0 Å². The van der Waals surface area contributed by atoms with Gasteiger partial charge in [0.25, 0.3) is 5.91 Å². The van der Waals surface area contributed by atoms with Gasteiger partial charge in [0.05, 0.1) is 11.2 Å². The molecule has 2 amide bonds. The van der Waals surface area contributed by atoms with Crippen LogP contribution in [0, 0.1) is 0 Å². The van der Waals surface area contributed by atoms with Crippen molar-refractivity contribution in [3.05, 3.63) is 94.8 Å². The monoisotopic (exact) mass is 529 g/mol. The molecule has 0 radical (unpaired) electrons. The van der Waals surface area contributed by atoms with Crippen molar-refractivity contribution < 1.29 is 9.59 Å². The second-order valence-electron chi connectivity index (χ2n) is 8.65. The van der Waals surface area contributed by atoms with Crippen molar-refractivity contribution >= 4 is 40.1 Å². The molecule has 0 bridgehead atoms. The maximum Gasteiger partial charge on any atom is 0.252 e. The number of nitrogen functional groups attached to an aromatic ring is 1. The number of carbonyl (C=O) groups is 2. The Bertz CT molecular complexity index is 1570. The minimum atomic E-state index is -0.800. The molecule has 5 N–H and O–H groups in total. The lowest BCUT2D eigenvalue weighted by Gasteiger charge is -2.19. The van der Waals surface area contributed by atoms with E-state index >= 15 is 0 Å². The number of rotatable bonds is 9. The van der Waals surface area contributed by atoms with Crippen LogP contribution in [0.2, 0.25) is 5.02 Å². The molecule has 5 aromatic rings. The fourth-order valence-electron chi connectivity index (χ4n) is 4.18. The number of hydrogen-bond acceptors (Lipinski definition) is 7. The normalized spacial score (nSPS) is 11.8. The lowest BCUT2D eigenvalue weighted by atomic mass is 10.0. The van der Waals surface area contributed by atoms with Gasteiger partial charge in [-0.1, -0.05) is 41.9 Å². The number of halogens is 1. The first-order chi connectivity index (χ1) is 18.5. The van der Waals surface area contributed by atoms with Crippen LogP contribution in [-0.4, -0.2) is 54.8 Å². The molecule has 38 heavy (non-hydrogen) atoms. The summed E-state index contributed by atoms with van der Waals surface area (Å²) in [5.74, 6) is -0.330. The molecule has 0 aliphatic rings. The zero-order valence-electron chi connectivity index (χ0n) is 20.1. The van der Waals surface area contributed by atoms with E-state index in [1.54, 1.807) is 24.3 Å². The number of nitrogens with two attached hydrogens (primary N) is 1. The number of anilines is 1. The van der Waals surface area contributed by atoms with Crippen LogP contribution >= 0.6 is 11.6 Å². The Morgan fingerprint density at radius 2 is 1.92 bits per heavy atom. The molecule has 0 fully saturated rings. The highest BCUT2D eigenvalue weighted by atomic mass is 35.5. The Hall–Kier alpha value is -4.77. The Morgan fingerprint density at radius 1 is 1.08 bits per heavy atom. The van der Waals surface area contributed by atoms with E-state index in [1.807, 2.05) is 42.5 Å². The SMILES string of the molecule is Nc1n[nH]c2cc(C(=O)N[C@@H](Cc3ccccc3)C(=O)NCCc3cc(Cl)ccc3-n3cnnn3)ccc12. The molecule has 2 heterocycles. The molecule has 5 rings (SSSR count). The molecule has 0 aliphatic carbocycles. The number of H-pyrrole nitrogens is 1. The van der Waals surface area contributed by atoms with Gasteiger partial charge in [-0.05, 0) is 64.4 Å². The van der Waals surface area contributed by atoms with Gasteiger partial charge in [-0.15, -0.1) is 5.10 Å². The van der Waals surface area contributed by atoms with E-state index < -0.39 is 6.04 Å². The Labute approximate surface area is 222 Å². The van der Waals surface area contributed by atoms with Crippen LogP contribution in [-0.2, 0) is 17.6 Å². The van der Waals surface area contributed by atoms with E-state index in [9.17, 15) is 9.59 Å². The number of aromatic amines is 1. The number of nitrogens with zero attached hydrogens (tertiary/aromatic N) is 5. The van der Waals surface area contributed by atoms with Gasteiger partial charge in [-0.2, -0.15) is 5.10 Å². The van der Waals surface area contributed by atoms with Crippen molar-refractivity contribution in [1.29, 1.82) is 0 Å². The van der Waals surface area contributed by atoms with Gasteiger partial charge in [0.1, 0.15) is 12.4 Å². The summed E-state index contributed by atoms with van der Waals surface area (Å²) >= 11 is 6.20. The summed E-state index contributed by atoms with van der Waals surface area (Å²) in [4.78, 5) is 26.4. The summed E-state index contributed by atoms with van der Waals surface area (Å²) in [5.41, 5.74) is 9.39. The smallest absolute Gasteiger partial charge is 0.252 e. The molecule has 0 spiro atoms.